The molecule has 8 heteroatoms. The van der Waals surface area contributed by atoms with E-state index in [9.17, 15) is 18.3 Å². The highest BCUT2D eigenvalue weighted by molar-refractivity contribution is 7.89. The van der Waals surface area contributed by atoms with Gasteiger partial charge in [-0.05, 0) is 25.5 Å². The summed E-state index contributed by atoms with van der Waals surface area (Å²) in [5.41, 5.74) is -1.90. The predicted molar refractivity (Wildman–Crippen MR) is 70.2 cm³/mol. The Balaban J connectivity index is 3.24. The maximum absolute atomic E-state index is 12.2. The molecule has 0 aliphatic carbocycles. The topological polar surface area (TPSA) is 120 Å². The van der Waals surface area contributed by atoms with Gasteiger partial charge in [-0.1, -0.05) is 13.3 Å². The molecule has 1 aromatic rings. The number of aliphatic carboxylic acids is 1. The first-order valence-electron chi connectivity index (χ1n) is 5.89. The maximum Gasteiger partial charge on any atom is 0.324 e. The van der Waals surface area contributed by atoms with Gasteiger partial charge in [0.15, 0.2) is 5.69 Å². The zero-order valence-electron chi connectivity index (χ0n) is 11.1. The van der Waals surface area contributed by atoms with Crippen LogP contribution in [0.25, 0.3) is 0 Å². The Morgan fingerprint density at radius 3 is 2.75 bits per heavy atom. The molecule has 1 atom stereocenters. The second-order valence-electron chi connectivity index (χ2n) is 4.45. The largest absolute Gasteiger partial charge is 0.480 e. The van der Waals surface area contributed by atoms with Gasteiger partial charge in [0, 0.05) is 6.20 Å². The molecule has 20 heavy (non-hydrogen) atoms. The zero-order valence-corrected chi connectivity index (χ0v) is 11.9. The molecule has 1 rings (SSSR count). The van der Waals surface area contributed by atoms with Gasteiger partial charge in [-0.15, -0.1) is 0 Å². The fraction of sp³-hybridized carbons (Fsp3) is 0.417. The van der Waals surface area contributed by atoms with Crippen LogP contribution in [0, 0.1) is 11.3 Å². The molecule has 0 saturated carbocycles. The monoisotopic (exact) mass is 297 g/mol. The number of carbonyl (C=O) groups is 1. The lowest BCUT2D eigenvalue weighted by molar-refractivity contribution is -0.143. The average molecular weight is 297 g/mol. The molecule has 7 nitrogen and oxygen atoms in total. The van der Waals surface area contributed by atoms with Gasteiger partial charge in [0.05, 0.1) is 0 Å². The van der Waals surface area contributed by atoms with Crippen LogP contribution in [0.5, 0.6) is 0 Å². The summed E-state index contributed by atoms with van der Waals surface area (Å²) in [6.45, 7) is 3.04. The normalized spacial score (nSPS) is 14.2. The summed E-state index contributed by atoms with van der Waals surface area (Å²) < 4.78 is 26.6. The molecule has 1 unspecified atom stereocenters. The van der Waals surface area contributed by atoms with E-state index < -0.39 is 21.5 Å². The van der Waals surface area contributed by atoms with E-state index in [2.05, 4.69) is 9.71 Å². The van der Waals surface area contributed by atoms with Crippen molar-refractivity contribution in [1.29, 1.82) is 5.26 Å². The quantitative estimate of drug-likeness (QED) is 0.804. The van der Waals surface area contributed by atoms with Gasteiger partial charge in [-0.3, -0.25) is 4.79 Å². The number of pyridine rings is 1. The Labute approximate surface area is 117 Å². The second-order valence-corrected chi connectivity index (χ2v) is 6.11. The predicted octanol–water partition coefficient (Wildman–Crippen LogP) is 0.875. The van der Waals surface area contributed by atoms with Crippen LogP contribution in [0.3, 0.4) is 0 Å². The molecule has 0 aliphatic rings. The number of carboxylic acids is 1. The van der Waals surface area contributed by atoms with Gasteiger partial charge in [0.2, 0.25) is 10.0 Å². The number of nitrogens with zero attached hydrogens (tertiary/aromatic N) is 2. The lowest BCUT2D eigenvalue weighted by atomic mass is 9.98. The van der Waals surface area contributed by atoms with Crippen LogP contribution in [0.1, 0.15) is 32.4 Å². The summed E-state index contributed by atoms with van der Waals surface area (Å²) in [5.74, 6) is -1.27. The lowest BCUT2D eigenvalue weighted by Gasteiger charge is -2.25. The van der Waals surface area contributed by atoms with Crippen LogP contribution in [0.2, 0.25) is 0 Å². The number of nitriles is 1. The number of sulfonamides is 1. The Bertz CT molecular complexity index is 651. The van der Waals surface area contributed by atoms with Crippen molar-refractivity contribution in [1.82, 2.24) is 9.71 Å². The summed E-state index contributed by atoms with van der Waals surface area (Å²) in [4.78, 5) is 14.6. The van der Waals surface area contributed by atoms with E-state index in [-0.39, 0.29) is 17.0 Å². The van der Waals surface area contributed by atoms with Gasteiger partial charge in [-0.2, -0.15) is 9.98 Å². The van der Waals surface area contributed by atoms with Crippen molar-refractivity contribution < 1.29 is 18.3 Å². The number of hydrogen-bond acceptors (Lipinski definition) is 5. The molecule has 0 amide bonds. The molecule has 2 N–H and O–H groups in total. The van der Waals surface area contributed by atoms with Crippen LogP contribution in [-0.4, -0.2) is 30.0 Å². The average Bonchev–Trinajstić information content (AvgIpc) is 2.38. The van der Waals surface area contributed by atoms with Crippen molar-refractivity contribution in [2.24, 2.45) is 0 Å². The molecule has 1 aromatic heterocycles. The molecule has 0 aromatic carbocycles. The first kappa shape index (κ1) is 16.1. The van der Waals surface area contributed by atoms with E-state index in [0.717, 1.165) is 0 Å². The summed E-state index contributed by atoms with van der Waals surface area (Å²) >= 11 is 0. The first-order chi connectivity index (χ1) is 9.27. The molecule has 0 radical (unpaired) electrons. The Kier molecular flexibility index (Phi) is 4.81. The maximum atomic E-state index is 12.2. The molecule has 0 fully saturated rings. The lowest BCUT2D eigenvalue weighted by Crippen LogP contribution is -2.52. The van der Waals surface area contributed by atoms with E-state index in [0.29, 0.717) is 6.42 Å². The minimum absolute atomic E-state index is 0.129. The third-order valence-corrected chi connectivity index (χ3v) is 4.38. The third-order valence-electron chi connectivity index (χ3n) is 2.75. The van der Waals surface area contributed by atoms with Gasteiger partial charge in [0.1, 0.15) is 16.5 Å². The van der Waals surface area contributed by atoms with Gasteiger partial charge < -0.3 is 5.11 Å². The summed E-state index contributed by atoms with van der Waals surface area (Å²) in [6, 6.07) is 4.25. The molecule has 0 bridgehead atoms. The smallest absolute Gasteiger partial charge is 0.324 e. The summed E-state index contributed by atoms with van der Waals surface area (Å²) in [5, 5.41) is 18.1. The van der Waals surface area contributed by atoms with E-state index in [1.165, 1.54) is 25.3 Å². The van der Waals surface area contributed by atoms with Crippen LogP contribution < -0.4 is 4.72 Å². The summed E-state index contributed by atoms with van der Waals surface area (Å²) in [6.07, 6.45) is 1.91. The Hall–Kier alpha value is -1.98. The highest BCUT2D eigenvalue weighted by atomic mass is 32.2. The molecule has 0 saturated heterocycles. The number of hydrogen-bond donors (Lipinski definition) is 2. The first-order valence-corrected chi connectivity index (χ1v) is 7.37. The van der Waals surface area contributed by atoms with Crippen LogP contribution in [-0.2, 0) is 14.8 Å². The number of rotatable bonds is 6. The van der Waals surface area contributed by atoms with E-state index in [1.807, 2.05) is 0 Å². The van der Waals surface area contributed by atoms with Gasteiger partial charge in [-0.25, -0.2) is 13.4 Å². The van der Waals surface area contributed by atoms with Crippen molar-refractivity contribution in [2.45, 2.75) is 37.1 Å². The standard InChI is InChI=1S/C12H15N3O4S/c1-3-6-12(2,11(16)17)15-20(18,19)10-5-4-7-14-9(10)8-13/h4-5,7,15H,3,6H2,1-2H3,(H,16,17). The third kappa shape index (κ3) is 3.31. The SMILES string of the molecule is CCCC(C)(NS(=O)(=O)c1cccnc1C#N)C(=O)O. The van der Waals surface area contributed by atoms with Crippen LogP contribution >= 0.6 is 0 Å². The van der Waals surface area contributed by atoms with E-state index in [1.54, 1.807) is 13.0 Å². The van der Waals surface area contributed by atoms with Crippen molar-refractivity contribution in [3.63, 3.8) is 0 Å². The number of nitrogens with one attached hydrogen (secondary N) is 1. The fourth-order valence-electron chi connectivity index (χ4n) is 1.74. The fourth-order valence-corrected chi connectivity index (χ4v) is 3.25. The minimum Gasteiger partial charge on any atom is -0.480 e. The van der Waals surface area contributed by atoms with Crippen molar-refractivity contribution >= 4 is 16.0 Å². The van der Waals surface area contributed by atoms with E-state index >= 15 is 0 Å². The van der Waals surface area contributed by atoms with E-state index in [4.69, 9.17) is 5.26 Å². The minimum atomic E-state index is -4.14. The van der Waals surface area contributed by atoms with Crippen molar-refractivity contribution in [3.8, 4) is 6.07 Å². The molecule has 108 valence electrons. The van der Waals surface area contributed by atoms with Crippen molar-refractivity contribution in [2.75, 3.05) is 0 Å². The molecular weight excluding hydrogens is 282 g/mol. The zero-order chi connectivity index (χ0) is 15.4. The van der Waals surface area contributed by atoms with Gasteiger partial charge >= 0.3 is 5.97 Å². The molecule has 0 spiro atoms. The molecular formula is C12H15N3O4S. The number of aromatic nitrogens is 1. The Morgan fingerprint density at radius 1 is 1.60 bits per heavy atom. The van der Waals surface area contributed by atoms with Crippen LogP contribution in [0.15, 0.2) is 23.2 Å². The van der Waals surface area contributed by atoms with Crippen molar-refractivity contribution in [3.05, 3.63) is 24.0 Å². The highest BCUT2D eigenvalue weighted by Gasteiger charge is 2.37. The van der Waals surface area contributed by atoms with Crippen LogP contribution in [0.4, 0.5) is 0 Å². The summed E-state index contributed by atoms with van der Waals surface area (Å²) in [7, 11) is -4.14. The van der Waals surface area contributed by atoms with Gasteiger partial charge in [0.25, 0.3) is 0 Å². The second kappa shape index (κ2) is 5.98. The molecule has 1 heterocycles. The Morgan fingerprint density at radius 2 is 2.25 bits per heavy atom. The number of carboxylic acid groups (broad SMARTS) is 1. The molecule has 0 aliphatic heterocycles. The highest BCUT2D eigenvalue weighted by Crippen LogP contribution is 2.19.